The number of carbonyl (C=O) groups is 1. The van der Waals surface area contributed by atoms with Gasteiger partial charge in [0.2, 0.25) is 0 Å². The third kappa shape index (κ3) is 2.62. The molecule has 0 radical (unpaired) electrons. The molecule has 2 aliphatic rings. The molecule has 1 atom stereocenters. The Labute approximate surface area is 150 Å². The molecule has 0 saturated carbocycles. The zero-order chi connectivity index (χ0) is 18.6. The van der Waals surface area contributed by atoms with Gasteiger partial charge >= 0.3 is 0 Å². The smallest absolute Gasteiger partial charge is 0.174 e. The van der Waals surface area contributed by atoms with Crippen LogP contribution in [0, 0.1) is 0 Å². The number of ketones is 1. The molecule has 3 N–H and O–H groups in total. The van der Waals surface area contributed by atoms with Crippen LogP contribution in [0.25, 0.3) is 0 Å². The summed E-state index contributed by atoms with van der Waals surface area (Å²) in [5.41, 5.74) is 0.979. The Morgan fingerprint density at radius 3 is 2.62 bits per heavy atom. The SMILES string of the molecule is CC1(C)CCc2c(cc(O)c3c2O[C@@H](c2ccc(O)cc2O)CC3=O)O1. The van der Waals surface area contributed by atoms with Gasteiger partial charge in [-0.2, -0.15) is 0 Å². The number of hydrogen-bond acceptors (Lipinski definition) is 6. The van der Waals surface area contributed by atoms with Gasteiger partial charge in [0.05, 0.1) is 6.42 Å². The molecule has 26 heavy (non-hydrogen) atoms. The third-order valence-electron chi connectivity index (χ3n) is 4.96. The van der Waals surface area contributed by atoms with Gasteiger partial charge in [0.15, 0.2) is 5.78 Å². The fraction of sp³-hybridized carbons (Fsp3) is 0.350. The Morgan fingerprint density at radius 2 is 1.88 bits per heavy atom. The molecule has 0 unspecified atom stereocenters. The van der Waals surface area contributed by atoms with Gasteiger partial charge in [-0.05, 0) is 38.8 Å². The van der Waals surface area contributed by atoms with E-state index >= 15 is 0 Å². The topological polar surface area (TPSA) is 96.2 Å². The third-order valence-corrected chi connectivity index (χ3v) is 4.96. The van der Waals surface area contributed by atoms with E-state index in [-0.39, 0.29) is 40.6 Å². The number of ether oxygens (including phenoxy) is 2. The molecular formula is C20H20O6. The summed E-state index contributed by atoms with van der Waals surface area (Å²) in [7, 11) is 0. The highest BCUT2D eigenvalue weighted by Crippen LogP contribution is 2.49. The highest BCUT2D eigenvalue weighted by molar-refractivity contribution is 6.03. The van der Waals surface area contributed by atoms with E-state index in [0.29, 0.717) is 23.5 Å². The van der Waals surface area contributed by atoms with Crippen molar-refractivity contribution >= 4 is 5.78 Å². The number of phenolic OH excluding ortho intramolecular Hbond substituents is 3. The first-order valence-electron chi connectivity index (χ1n) is 8.55. The maximum atomic E-state index is 12.7. The number of benzene rings is 2. The minimum atomic E-state index is -0.698. The number of aromatic hydroxyl groups is 3. The lowest BCUT2D eigenvalue weighted by Gasteiger charge is -2.36. The first-order chi connectivity index (χ1) is 12.2. The van der Waals surface area contributed by atoms with Crippen molar-refractivity contribution in [2.24, 2.45) is 0 Å². The van der Waals surface area contributed by atoms with Crippen LogP contribution < -0.4 is 9.47 Å². The summed E-state index contributed by atoms with van der Waals surface area (Å²) in [5, 5.41) is 29.9. The van der Waals surface area contributed by atoms with Crippen molar-refractivity contribution in [2.45, 2.75) is 44.8 Å². The summed E-state index contributed by atoms with van der Waals surface area (Å²) >= 11 is 0. The van der Waals surface area contributed by atoms with Gasteiger partial charge in [0.25, 0.3) is 0 Å². The van der Waals surface area contributed by atoms with Gasteiger partial charge in [-0.3, -0.25) is 4.79 Å². The molecule has 0 spiro atoms. The number of fused-ring (bicyclic) bond motifs is 3. The Hall–Kier alpha value is -2.89. The fourth-order valence-corrected chi connectivity index (χ4v) is 3.60. The highest BCUT2D eigenvalue weighted by atomic mass is 16.5. The quantitative estimate of drug-likeness (QED) is 0.722. The van der Waals surface area contributed by atoms with Crippen LogP contribution in [-0.4, -0.2) is 26.7 Å². The molecule has 6 nitrogen and oxygen atoms in total. The minimum absolute atomic E-state index is 0.00989. The number of carbonyl (C=O) groups excluding carboxylic acids is 1. The molecule has 0 bridgehead atoms. The number of phenols is 3. The maximum absolute atomic E-state index is 12.7. The van der Waals surface area contributed by atoms with E-state index in [4.69, 9.17) is 9.47 Å². The van der Waals surface area contributed by atoms with Crippen LogP contribution in [0.4, 0.5) is 0 Å². The summed E-state index contributed by atoms with van der Waals surface area (Å²) in [6.07, 6.45) is 0.705. The van der Waals surface area contributed by atoms with Crippen molar-refractivity contribution in [1.82, 2.24) is 0 Å². The summed E-state index contributed by atoms with van der Waals surface area (Å²) in [5.74, 6) is 0.214. The molecule has 2 aromatic rings. The molecule has 0 aliphatic carbocycles. The molecule has 136 valence electrons. The number of hydrogen-bond donors (Lipinski definition) is 3. The fourth-order valence-electron chi connectivity index (χ4n) is 3.60. The molecule has 2 aliphatic heterocycles. The summed E-state index contributed by atoms with van der Waals surface area (Å²) in [4.78, 5) is 12.7. The van der Waals surface area contributed by atoms with Crippen molar-refractivity contribution < 1.29 is 29.6 Å². The largest absolute Gasteiger partial charge is 0.508 e. The van der Waals surface area contributed by atoms with Gasteiger partial charge in [-0.15, -0.1) is 0 Å². The molecule has 0 aromatic heterocycles. The number of Topliss-reactive ketones (excluding diaryl/α,β-unsaturated/α-hetero) is 1. The van der Waals surface area contributed by atoms with Crippen LogP contribution in [0.1, 0.15) is 54.3 Å². The predicted molar refractivity (Wildman–Crippen MR) is 93.2 cm³/mol. The zero-order valence-corrected chi connectivity index (χ0v) is 14.6. The van der Waals surface area contributed by atoms with E-state index in [9.17, 15) is 20.1 Å². The van der Waals surface area contributed by atoms with Crippen LogP contribution in [0.15, 0.2) is 24.3 Å². The van der Waals surface area contributed by atoms with E-state index in [0.717, 1.165) is 12.0 Å². The maximum Gasteiger partial charge on any atom is 0.174 e. The van der Waals surface area contributed by atoms with Crippen molar-refractivity contribution in [2.75, 3.05) is 0 Å². The lowest BCUT2D eigenvalue weighted by atomic mass is 9.88. The standard InChI is InChI=1S/C20H20O6/c1-20(2)6-5-12-17(26-20)9-15(24)18-14(23)8-16(25-19(12)18)11-4-3-10(21)7-13(11)22/h3-4,7,9,16,21-22,24H,5-6,8H2,1-2H3/t16-/m1/s1. The van der Waals surface area contributed by atoms with Crippen LogP contribution in [0.3, 0.4) is 0 Å². The van der Waals surface area contributed by atoms with E-state index in [1.165, 1.54) is 24.3 Å². The van der Waals surface area contributed by atoms with Gasteiger partial charge in [0, 0.05) is 23.3 Å². The van der Waals surface area contributed by atoms with Gasteiger partial charge in [-0.1, -0.05) is 0 Å². The second-order valence-corrected chi connectivity index (χ2v) is 7.42. The van der Waals surface area contributed by atoms with E-state index in [1.807, 2.05) is 13.8 Å². The normalized spacial score (nSPS) is 20.5. The van der Waals surface area contributed by atoms with E-state index < -0.39 is 6.10 Å². The lowest BCUT2D eigenvalue weighted by molar-refractivity contribution is 0.0757. The molecule has 0 fully saturated rings. The average Bonchev–Trinajstić information content (AvgIpc) is 2.53. The summed E-state index contributed by atoms with van der Waals surface area (Å²) in [6, 6.07) is 5.65. The van der Waals surface area contributed by atoms with Gasteiger partial charge in [-0.25, -0.2) is 0 Å². The van der Waals surface area contributed by atoms with E-state index in [1.54, 1.807) is 0 Å². The summed E-state index contributed by atoms with van der Waals surface area (Å²) < 4.78 is 12.0. The average molecular weight is 356 g/mol. The Morgan fingerprint density at radius 1 is 1.12 bits per heavy atom. The van der Waals surface area contributed by atoms with Crippen LogP contribution >= 0.6 is 0 Å². The first kappa shape index (κ1) is 16.6. The first-order valence-corrected chi connectivity index (χ1v) is 8.55. The monoisotopic (exact) mass is 356 g/mol. The van der Waals surface area contributed by atoms with Gasteiger partial charge in [0.1, 0.15) is 46.0 Å². The second-order valence-electron chi connectivity index (χ2n) is 7.42. The molecule has 4 rings (SSSR count). The molecule has 6 heteroatoms. The Balaban J connectivity index is 1.80. The van der Waals surface area contributed by atoms with Crippen molar-refractivity contribution in [3.05, 3.63) is 41.0 Å². The lowest BCUT2D eigenvalue weighted by Crippen LogP contribution is -2.33. The second kappa shape index (κ2) is 5.56. The molecule has 0 saturated heterocycles. The van der Waals surface area contributed by atoms with E-state index in [2.05, 4.69) is 0 Å². The van der Waals surface area contributed by atoms with Crippen LogP contribution in [-0.2, 0) is 6.42 Å². The molecule has 2 aromatic carbocycles. The van der Waals surface area contributed by atoms with Crippen molar-refractivity contribution in [3.8, 4) is 28.7 Å². The highest BCUT2D eigenvalue weighted by Gasteiger charge is 2.38. The molecule has 2 heterocycles. The van der Waals surface area contributed by atoms with Gasteiger partial charge < -0.3 is 24.8 Å². The summed E-state index contributed by atoms with van der Waals surface area (Å²) in [6.45, 7) is 3.94. The predicted octanol–water partition coefficient (Wildman–Crippen LogP) is 3.61. The van der Waals surface area contributed by atoms with Crippen LogP contribution in [0.2, 0.25) is 0 Å². The minimum Gasteiger partial charge on any atom is -0.508 e. The van der Waals surface area contributed by atoms with Crippen molar-refractivity contribution in [1.29, 1.82) is 0 Å². The Bertz CT molecular complexity index is 915. The number of rotatable bonds is 1. The zero-order valence-electron chi connectivity index (χ0n) is 14.6. The molecule has 0 amide bonds. The Kier molecular flexibility index (Phi) is 3.54. The van der Waals surface area contributed by atoms with Crippen LogP contribution in [0.5, 0.6) is 28.7 Å². The van der Waals surface area contributed by atoms with Crippen molar-refractivity contribution in [3.63, 3.8) is 0 Å². The molecular weight excluding hydrogens is 336 g/mol.